The minimum Gasteiger partial charge on any atom is -0.375 e. The third-order valence-corrected chi connectivity index (χ3v) is 7.29. The molecule has 2 atom stereocenters. The van der Waals surface area contributed by atoms with Crippen molar-refractivity contribution in [3.05, 3.63) is 41.9 Å². The number of hydrogen-bond donors (Lipinski definition) is 1. The number of halogens is 2. The topological polar surface area (TPSA) is 85.2 Å². The Kier molecular flexibility index (Phi) is 6.87. The van der Waals surface area contributed by atoms with Crippen LogP contribution in [0.3, 0.4) is 0 Å². The smallest absolute Gasteiger partial charge is 0.284 e. The molecule has 3 aromatic rings. The molecule has 1 amide bonds. The standard InChI is InChI=1S/C26H32F2N6O2/c1-15-4-6-18(7-5-15)34-13-21(24(32-34)25(27)28)30-26(35)19-10-11-29-20-8-9-22(31-23(19)20)33-12-17(3)36-14-16(33)2/h8-11,13,15-18,25H,4-7,12,14H2,1-3H3,(H,30,35)/t15?,16-,17-,18?/m1/s1. The summed E-state index contributed by atoms with van der Waals surface area (Å²) in [7, 11) is 0. The maximum Gasteiger partial charge on any atom is 0.284 e. The van der Waals surface area contributed by atoms with Crippen LogP contribution >= 0.6 is 0 Å². The van der Waals surface area contributed by atoms with Gasteiger partial charge in [-0.3, -0.25) is 14.5 Å². The molecular formula is C26H32F2N6O2. The van der Waals surface area contributed by atoms with Crippen molar-refractivity contribution in [3.8, 4) is 0 Å². The van der Waals surface area contributed by atoms with Gasteiger partial charge in [-0.1, -0.05) is 6.92 Å². The summed E-state index contributed by atoms with van der Waals surface area (Å²) in [5.74, 6) is 0.834. The number of nitrogens with zero attached hydrogens (tertiary/aromatic N) is 5. The van der Waals surface area contributed by atoms with E-state index >= 15 is 0 Å². The van der Waals surface area contributed by atoms with Crippen molar-refractivity contribution in [2.45, 2.75) is 71.1 Å². The predicted molar refractivity (Wildman–Crippen MR) is 134 cm³/mol. The lowest BCUT2D eigenvalue weighted by atomic mass is 9.87. The van der Waals surface area contributed by atoms with Gasteiger partial charge in [0.1, 0.15) is 11.3 Å². The van der Waals surface area contributed by atoms with E-state index in [1.807, 2.05) is 19.1 Å². The van der Waals surface area contributed by atoms with Gasteiger partial charge in [-0.25, -0.2) is 13.8 Å². The molecule has 0 aromatic carbocycles. The van der Waals surface area contributed by atoms with Gasteiger partial charge in [0.25, 0.3) is 12.3 Å². The van der Waals surface area contributed by atoms with Crippen LogP contribution in [-0.4, -0.2) is 51.0 Å². The number of ether oxygens (including phenoxy) is 1. The molecule has 3 aromatic heterocycles. The van der Waals surface area contributed by atoms with E-state index in [1.165, 1.54) is 6.20 Å². The fourth-order valence-corrected chi connectivity index (χ4v) is 5.13. The van der Waals surface area contributed by atoms with E-state index in [0.29, 0.717) is 30.1 Å². The number of hydrogen-bond acceptors (Lipinski definition) is 6. The number of nitrogens with one attached hydrogen (secondary N) is 1. The third-order valence-electron chi connectivity index (χ3n) is 7.29. The highest BCUT2D eigenvalue weighted by molar-refractivity contribution is 6.11. The maximum atomic E-state index is 13.8. The minimum atomic E-state index is -2.80. The number of carbonyl (C=O) groups is 1. The second kappa shape index (κ2) is 10.1. The van der Waals surface area contributed by atoms with E-state index in [2.05, 4.69) is 34.1 Å². The van der Waals surface area contributed by atoms with Crippen molar-refractivity contribution in [3.63, 3.8) is 0 Å². The summed E-state index contributed by atoms with van der Waals surface area (Å²) in [6.45, 7) is 7.54. The molecule has 0 radical (unpaired) electrons. The molecule has 1 saturated heterocycles. The molecule has 5 rings (SSSR count). The first-order chi connectivity index (χ1) is 17.3. The lowest BCUT2D eigenvalue weighted by Gasteiger charge is -2.37. The number of carbonyl (C=O) groups excluding carboxylic acids is 1. The zero-order chi connectivity index (χ0) is 25.4. The number of alkyl halides is 2. The van der Waals surface area contributed by atoms with Gasteiger partial charge in [-0.2, -0.15) is 5.10 Å². The quantitative estimate of drug-likeness (QED) is 0.508. The summed E-state index contributed by atoms with van der Waals surface area (Å²) in [6.07, 6.45) is 4.18. The second-order valence-electron chi connectivity index (χ2n) is 10.1. The number of fused-ring (bicyclic) bond motifs is 1. The molecule has 10 heteroatoms. The predicted octanol–water partition coefficient (Wildman–Crippen LogP) is 5.38. The Bertz CT molecular complexity index is 1240. The molecule has 2 aliphatic rings. The summed E-state index contributed by atoms with van der Waals surface area (Å²) in [4.78, 5) is 24.6. The van der Waals surface area contributed by atoms with Gasteiger partial charge in [0, 0.05) is 18.9 Å². The molecule has 8 nitrogen and oxygen atoms in total. The van der Waals surface area contributed by atoms with E-state index < -0.39 is 18.0 Å². The molecule has 0 unspecified atom stereocenters. The molecule has 4 heterocycles. The maximum absolute atomic E-state index is 13.8. The lowest BCUT2D eigenvalue weighted by molar-refractivity contribution is 0.0340. The monoisotopic (exact) mass is 498 g/mol. The molecule has 1 aliphatic heterocycles. The first-order valence-electron chi connectivity index (χ1n) is 12.6. The van der Waals surface area contributed by atoms with E-state index in [1.54, 1.807) is 16.9 Å². The van der Waals surface area contributed by atoms with Crippen LogP contribution in [-0.2, 0) is 4.74 Å². The minimum absolute atomic E-state index is 0.0327. The molecule has 1 saturated carbocycles. The van der Waals surface area contributed by atoms with Crippen LogP contribution in [0.15, 0.2) is 30.6 Å². The van der Waals surface area contributed by atoms with Crippen molar-refractivity contribution in [1.82, 2.24) is 19.7 Å². The number of amides is 1. The Labute approximate surface area is 209 Å². The molecule has 0 bridgehead atoms. The fraction of sp³-hybridized carbons (Fsp3) is 0.538. The van der Waals surface area contributed by atoms with E-state index in [0.717, 1.165) is 31.5 Å². The van der Waals surface area contributed by atoms with Crippen molar-refractivity contribution in [2.75, 3.05) is 23.4 Å². The Morgan fingerprint density at radius 3 is 2.67 bits per heavy atom. The summed E-state index contributed by atoms with van der Waals surface area (Å²) < 4.78 is 35.0. The second-order valence-corrected chi connectivity index (χ2v) is 10.1. The van der Waals surface area contributed by atoms with E-state index in [-0.39, 0.29) is 29.4 Å². The lowest BCUT2D eigenvalue weighted by Crippen LogP contribution is -2.47. The molecular weight excluding hydrogens is 466 g/mol. The summed E-state index contributed by atoms with van der Waals surface area (Å²) in [6, 6.07) is 5.47. The average molecular weight is 499 g/mol. The fourth-order valence-electron chi connectivity index (χ4n) is 5.13. The van der Waals surface area contributed by atoms with E-state index in [9.17, 15) is 13.6 Å². The van der Waals surface area contributed by atoms with Crippen LogP contribution in [0.25, 0.3) is 11.0 Å². The van der Waals surface area contributed by atoms with Crippen molar-refractivity contribution < 1.29 is 18.3 Å². The first kappa shape index (κ1) is 24.5. The highest BCUT2D eigenvalue weighted by Crippen LogP contribution is 2.35. The summed E-state index contributed by atoms with van der Waals surface area (Å²) in [5.41, 5.74) is 0.873. The van der Waals surface area contributed by atoms with Gasteiger partial charge in [0.05, 0.1) is 41.6 Å². The third kappa shape index (κ3) is 4.91. The molecule has 0 spiro atoms. The highest BCUT2D eigenvalue weighted by atomic mass is 19.3. The Balaban J connectivity index is 1.44. The zero-order valence-electron chi connectivity index (χ0n) is 20.8. The van der Waals surface area contributed by atoms with Crippen LogP contribution in [0.1, 0.15) is 75.0 Å². The van der Waals surface area contributed by atoms with Gasteiger partial charge in [-0.15, -0.1) is 0 Å². The molecule has 2 fully saturated rings. The van der Waals surface area contributed by atoms with E-state index in [4.69, 9.17) is 9.72 Å². The van der Waals surface area contributed by atoms with Crippen LogP contribution in [0, 0.1) is 5.92 Å². The number of rotatable bonds is 5. The Morgan fingerprint density at radius 1 is 1.14 bits per heavy atom. The molecule has 1 N–H and O–H groups in total. The number of pyridine rings is 2. The highest BCUT2D eigenvalue weighted by Gasteiger charge is 2.27. The zero-order valence-corrected chi connectivity index (χ0v) is 20.8. The molecule has 192 valence electrons. The summed E-state index contributed by atoms with van der Waals surface area (Å²) in [5, 5.41) is 6.84. The average Bonchev–Trinajstić information content (AvgIpc) is 3.29. The van der Waals surface area contributed by atoms with Crippen LogP contribution in [0.4, 0.5) is 20.3 Å². The van der Waals surface area contributed by atoms with Crippen molar-refractivity contribution in [1.29, 1.82) is 0 Å². The van der Waals surface area contributed by atoms with Crippen molar-refractivity contribution >= 4 is 28.4 Å². The number of morpholine rings is 1. The Hall–Kier alpha value is -3.14. The van der Waals surface area contributed by atoms with Gasteiger partial charge < -0.3 is 15.0 Å². The van der Waals surface area contributed by atoms with Gasteiger partial charge in [-0.05, 0) is 63.6 Å². The number of aromatic nitrogens is 4. The largest absolute Gasteiger partial charge is 0.375 e. The molecule has 1 aliphatic carbocycles. The van der Waals surface area contributed by atoms with Crippen LogP contribution < -0.4 is 10.2 Å². The van der Waals surface area contributed by atoms with Crippen LogP contribution in [0.2, 0.25) is 0 Å². The SMILES string of the molecule is CC1CCC(n2cc(NC(=O)c3ccnc4ccc(N5C[C@@H](C)OC[C@H]5C)nc34)c(C(F)F)n2)CC1. The van der Waals surface area contributed by atoms with Gasteiger partial charge in [0.2, 0.25) is 0 Å². The van der Waals surface area contributed by atoms with Gasteiger partial charge in [0.15, 0.2) is 5.69 Å². The first-order valence-corrected chi connectivity index (χ1v) is 12.6. The van der Waals surface area contributed by atoms with Crippen LogP contribution in [0.5, 0.6) is 0 Å². The van der Waals surface area contributed by atoms with Crippen molar-refractivity contribution in [2.24, 2.45) is 5.92 Å². The normalized spacial score (nSPS) is 24.9. The Morgan fingerprint density at radius 2 is 1.92 bits per heavy atom. The summed E-state index contributed by atoms with van der Waals surface area (Å²) >= 11 is 0. The number of anilines is 2. The molecule has 36 heavy (non-hydrogen) atoms. The van der Waals surface area contributed by atoms with Gasteiger partial charge >= 0.3 is 0 Å².